The summed E-state index contributed by atoms with van der Waals surface area (Å²) in [6, 6.07) is 2.84. The second-order valence-electron chi connectivity index (χ2n) is 7.35. The van der Waals surface area contributed by atoms with E-state index in [1.165, 1.54) is 33.8 Å². The zero-order valence-corrected chi connectivity index (χ0v) is 17.7. The van der Waals surface area contributed by atoms with Crippen LogP contribution < -0.4 is 4.18 Å². The zero-order valence-electron chi connectivity index (χ0n) is 16.1. The average molecular weight is 473 g/mol. The number of hydrogen-bond acceptors (Lipinski definition) is 5. The quantitative estimate of drug-likeness (QED) is 0.369. The molecule has 0 amide bonds. The third kappa shape index (κ3) is 4.96. The Morgan fingerprint density at radius 3 is 2.17 bits per heavy atom. The second kappa shape index (κ2) is 7.86. The van der Waals surface area contributed by atoms with Gasteiger partial charge in [-0.2, -0.15) is 21.6 Å². The van der Waals surface area contributed by atoms with E-state index < -0.39 is 55.8 Å². The van der Waals surface area contributed by atoms with Crippen molar-refractivity contribution in [2.45, 2.75) is 44.9 Å². The smallest absolute Gasteiger partial charge is 0.479 e. The Bertz CT molecular complexity index is 1110. The molecule has 0 aliphatic rings. The number of alkyl halides is 3. The van der Waals surface area contributed by atoms with E-state index in [-0.39, 0.29) is 16.0 Å². The number of halogens is 5. The van der Waals surface area contributed by atoms with Gasteiger partial charge in [0.1, 0.15) is 5.82 Å². The fourth-order valence-corrected chi connectivity index (χ4v) is 3.45. The van der Waals surface area contributed by atoms with Crippen molar-refractivity contribution in [3.63, 3.8) is 0 Å². The highest BCUT2D eigenvalue weighted by molar-refractivity contribution is 7.88. The molecule has 1 unspecified atom stereocenters. The lowest BCUT2D eigenvalue weighted by Crippen LogP contribution is -2.31. The highest BCUT2D eigenvalue weighted by atomic mass is 35.5. The minimum absolute atomic E-state index is 0.0139. The van der Waals surface area contributed by atoms with Crippen LogP contribution in [0.5, 0.6) is 5.75 Å². The standard InChI is InChI=1S/C18H17ClF4O6S/c1-8-5-10-11(6-9(20)7-12(10)19)14(29-30(26,27)18(21,22)23)13(8)15(16(24)25)28-17(2,3)4/h5-7,15H,1-4H3,(H,24,25). The van der Waals surface area contributed by atoms with Crippen molar-refractivity contribution >= 4 is 38.5 Å². The molecule has 1 atom stereocenters. The van der Waals surface area contributed by atoms with Crippen LogP contribution in [-0.2, 0) is 19.6 Å². The van der Waals surface area contributed by atoms with Gasteiger partial charge >= 0.3 is 21.6 Å². The van der Waals surface area contributed by atoms with Gasteiger partial charge in [0.25, 0.3) is 0 Å². The van der Waals surface area contributed by atoms with Crippen molar-refractivity contribution in [2.75, 3.05) is 0 Å². The lowest BCUT2D eigenvalue weighted by molar-refractivity contribution is -0.160. The summed E-state index contributed by atoms with van der Waals surface area (Å²) >= 11 is 5.95. The third-order valence-corrected chi connectivity index (χ3v) is 5.07. The van der Waals surface area contributed by atoms with Crippen molar-refractivity contribution in [3.05, 3.63) is 40.2 Å². The van der Waals surface area contributed by atoms with Crippen molar-refractivity contribution in [2.24, 2.45) is 0 Å². The van der Waals surface area contributed by atoms with Crippen LogP contribution in [0.15, 0.2) is 18.2 Å². The normalized spacial score (nSPS) is 14.0. The molecule has 0 spiro atoms. The summed E-state index contributed by atoms with van der Waals surface area (Å²) in [6.07, 6.45) is -1.92. The van der Waals surface area contributed by atoms with Crippen LogP contribution in [0.3, 0.4) is 0 Å². The molecule has 0 saturated carbocycles. The number of carboxylic acid groups (broad SMARTS) is 1. The van der Waals surface area contributed by atoms with E-state index in [1.54, 1.807) is 0 Å². The molecule has 0 heterocycles. The average Bonchev–Trinajstić information content (AvgIpc) is 2.52. The minimum Gasteiger partial charge on any atom is -0.479 e. The molecule has 0 aromatic heterocycles. The summed E-state index contributed by atoms with van der Waals surface area (Å²) in [5, 5.41) is 8.89. The van der Waals surface area contributed by atoms with Crippen LogP contribution >= 0.6 is 11.6 Å². The highest BCUT2D eigenvalue weighted by Gasteiger charge is 2.49. The monoisotopic (exact) mass is 472 g/mol. The Morgan fingerprint density at radius 1 is 1.13 bits per heavy atom. The first-order valence-electron chi connectivity index (χ1n) is 8.28. The Hall–Kier alpha value is -2.11. The molecule has 0 radical (unpaired) electrons. The maximum Gasteiger partial charge on any atom is 0.534 e. The van der Waals surface area contributed by atoms with Gasteiger partial charge in [-0.15, -0.1) is 0 Å². The summed E-state index contributed by atoms with van der Waals surface area (Å²) in [5.41, 5.74) is -7.41. The Morgan fingerprint density at radius 2 is 1.70 bits per heavy atom. The predicted octanol–water partition coefficient (Wildman–Crippen LogP) is 5.11. The van der Waals surface area contributed by atoms with E-state index in [0.29, 0.717) is 6.07 Å². The van der Waals surface area contributed by atoms with Crippen LogP contribution in [0.1, 0.15) is 38.0 Å². The van der Waals surface area contributed by atoms with E-state index in [4.69, 9.17) is 16.3 Å². The molecule has 2 aromatic carbocycles. The molecule has 2 rings (SSSR count). The highest BCUT2D eigenvalue weighted by Crippen LogP contribution is 2.43. The fraction of sp³-hybridized carbons (Fsp3) is 0.389. The van der Waals surface area contributed by atoms with Gasteiger partial charge in [-0.3, -0.25) is 0 Å². The molecule has 0 aliphatic heterocycles. The lowest BCUT2D eigenvalue weighted by Gasteiger charge is -2.28. The number of hydrogen-bond donors (Lipinski definition) is 1. The molecule has 166 valence electrons. The van der Waals surface area contributed by atoms with Crippen molar-refractivity contribution in [3.8, 4) is 5.75 Å². The van der Waals surface area contributed by atoms with Gasteiger partial charge in [-0.1, -0.05) is 11.6 Å². The van der Waals surface area contributed by atoms with Gasteiger partial charge in [0.15, 0.2) is 11.9 Å². The molecule has 0 bridgehead atoms. The number of benzene rings is 2. The van der Waals surface area contributed by atoms with E-state index in [1.807, 2.05) is 0 Å². The summed E-state index contributed by atoms with van der Waals surface area (Å²) in [5.74, 6) is -3.65. The van der Waals surface area contributed by atoms with Crippen molar-refractivity contribution in [1.29, 1.82) is 0 Å². The van der Waals surface area contributed by atoms with Crippen LogP contribution in [0.4, 0.5) is 17.6 Å². The number of rotatable bonds is 5. The van der Waals surface area contributed by atoms with Crippen molar-refractivity contribution in [1.82, 2.24) is 0 Å². The number of fused-ring (bicyclic) bond motifs is 1. The van der Waals surface area contributed by atoms with Gasteiger partial charge in [0.2, 0.25) is 0 Å². The molecule has 0 saturated heterocycles. The maximum atomic E-state index is 13.9. The van der Waals surface area contributed by atoms with E-state index >= 15 is 0 Å². The Labute approximate surface area is 174 Å². The number of ether oxygens (including phenoxy) is 1. The van der Waals surface area contributed by atoms with Crippen LogP contribution in [0.25, 0.3) is 10.8 Å². The third-order valence-electron chi connectivity index (χ3n) is 3.80. The lowest BCUT2D eigenvalue weighted by atomic mass is 9.95. The van der Waals surface area contributed by atoms with Gasteiger partial charge in [-0.25, -0.2) is 9.18 Å². The van der Waals surface area contributed by atoms with E-state index in [9.17, 15) is 35.9 Å². The summed E-state index contributed by atoms with van der Waals surface area (Å²) < 4.78 is 86.1. The molecule has 0 fully saturated rings. The molecule has 2 aromatic rings. The van der Waals surface area contributed by atoms with Crippen LogP contribution in [0.2, 0.25) is 5.02 Å². The van der Waals surface area contributed by atoms with E-state index in [2.05, 4.69) is 4.18 Å². The first kappa shape index (κ1) is 24.2. The Balaban J connectivity index is 2.97. The predicted molar refractivity (Wildman–Crippen MR) is 100 cm³/mol. The van der Waals surface area contributed by atoms with Crippen molar-refractivity contribution < 1.29 is 44.8 Å². The molecular weight excluding hydrogens is 456 g/mol. The summed E-state index contributed by atoms with van der Waals surface area (Å²) in [6.45, 7) is 5.78. The number of carbonyl (C=O) groups is 1. The van der Waals surface area contributed by atoms with Gasteiger partial charge in [0, 0.05) is 16.3 Å². The van der Waals surface area contributed by atoms with Gasteiger partial charge < -0.3 is 14.0 Å². The summed E-state index contributed by atoms with van der Waals surface area (Å²) in [7, 11) is -6.22. The number of carboxylic acids is 1. The molecule has 0 aliphatic carbocycles. The first-order chi connectivity index (χ1) is 13.4. The molecule has 6 nitrogen and oxygen atoms in total. The van der Waals surface area contributed by atoms with Crippen LogP contribution in [0, 0.1) is 12.7 Å². The first-order valence-corrected chi connectivity index (χ1v) is 10.1. The minimum atomic E-state index is -6.22. The largest absolute Gasteiger partial charge is 0.534 e. The van der Waals surface area contributed by atoms with E-state index in [0.717, 1.165) is 6.07 Å². The number of aryl methyl sites for hydroxylation is 1. The second-order valence-corrected chi connectivity index (χ2v) is 9.30. The fourth-order valence-electron chi connectivity index (χ4n) is 2.70. The topological polar surface area (TPSA) is 89.9 Å². The SMILES string of the molecule is Cc1cc2c(Cl)cc(F)cc2c(OS(=O)(=O)C(F)(F)F)c1C(OC(C)(C)C)C(=O)O. The Kier molecular flexibility index (Phi) is 6.33. The molecular formula is C18H17ClF4O6S. The molecule has 1 N–H and O–H groups in total. The molecule has 12 heteroatoms. The molecule has 30 heavy (non-hydrogen) atoms. The summed E-state index contributed by atoms with van der Waals surface area (Å²) in [4.78, 5) is 11.9. The maximum absolute atomic E-state index is 13.9. The number of aliphatic carboxylic acids is 1. The van der Waals surface area contributed by atoms with Gasteiger partial charge in [-0.05, 0) is 51.5 Å². The van der Waals surface area contributed by atoms with Crippen LogP contribution in [-0.4, -0.2) is 30.6 Å². The zero-order chi connectivity index (χ0) is 23.2. The van der Waals surface area contributed by atoms with Gasteiger partial charge in [0.05, 0.1) is 10.6 Å².